The van der Waals surface area contributed by atoms with Crippen LogP contribution in [0.1, 0.15) is 30.6 Å². The quantitative estimate of drug-likeness (QED) is 0.722. The SMILES string of the molecule is CC[C@H](C)Oc1ccc(C(=O)Cl)cn1. The van der Waals surface area contributed by atoms with Crippen molar-refractivity contribution in [1.82, 2.24) is 4.98 Å². The molecule has 1 aromatic rings. The first-order chi connectivity index (χ1) is 6.63. The van der Waals surface area contributed by atoms with E-state index in [9.17, 15) is 4.79 Å². The Balaban J connectivity index is 2.68. The molecule has 0 saturated heterocycles. The van der Waals surface area contributed by atoms with Crippen molar-refractivity contribution in [3.63, 3.8) is 0 Å². The highest BCUT2D eigenvalue weighted by Gasteiger charge is 2.04. The lowest BCUT2D eigenvalue weighted by Crippen LogP contribution is -2.10. The average molecular weight is 214 g/mol. The van der Waals surface area contributed by atoms with E-state index in [-0.39, 0.29) is 6.10 Å². The van der Waals surface area contributed by atoms with Crippen LogP contribution in [0.25, 0.3) is 0 Å². The fourth-order valence-electron chi connectivity index (χ4n) is 0.856. The molecule has 1 heterocycles. The summed E-state index contributed by atoms with van der Waals surface area (Å²) in [6.07, 6.45) is 2.45. The predicted molar refractivity (Wildman–Crippen MR) is 54.8 cm³/mol. The third kappa shape index (κ3) is 3.00. The molecule has 0 fully saturated rings. The Labute approximate surface area is 88.1 Å². The summed E-state index contributed by atoms with van der Waals surface area (Å²) in [7, 11) is 0. The maximum Gasteiger partial charge on any atom is 0.253 e. The lowest BCUT2D eigenvalue weighted by molar-refractivity contribution is 0.108. The highest BCUT2D eigenvalue weighted by Crippen LogP contribution is 2.11. The zero-order valence-electron chi connectivity index (χ0n) is 8.16. The summed E-state index contributed by atoms with van der Waals surface area (Å²) in [5, 5.41) is -0.507. The van der Waals surface area contributed by atoms with Crippen LogP contribution in [0.4, 0.5) is 0 Å². The maximum atomic E-state index is 10.7. The second-order valence-corrected chi connectivity index (χ2v) is 3.34. The average Bonchev–Trinajstić information content (AvgIpc) is 2.18. The van der Waals surface area contributed by atoms with Gasteiger partial charge in [-0.2, -0.15) is 0 Å². The van der Waals surface area contributed by atoms with Crippen LogP contribution in [0, 0.1) is 0 Å². The summed E-state index contributed by atoms with van der Waals surface area (Å²) in [6.45, 7) is 3.99. The third-order valence-corrected chi connectivity index (χ3v) is 2.08. The topological polar surface area (TPSA) is 39.2 Å². The smallest absolute Gasteiger partial charge is 0.253 e. The van der Waals surface area contributed by atoms with Gasteiger partial charge in [-0.1, -0.05) is 6.92 Å². The fraction of sp³-hybridized carbons (Fsp3) is 0.400. The first-order valence-electron chi connectivity index (χ1n) is 4.46. The Morgan fingerprint density at radius 1 is 1.64 bits per heavy atom. The third-order valence-electron chi connectivity index (χ3n) is 1.86. The number of carbonyl (C=O) groups is 1. The fourth-order valence-corrected chi connectivity index (χ4v) is 0.968. The molecular weight excluding hydrogens is 202 g/mol. The molecule has 1 rings (SSSR count). The molecule has 3 nitrogen and oxygen atoms in total. The minimum atomic E-state index is -0.507. The molecule has 0 aliphatic rings. The minimum Gasteiger partial charge on any atom is -0.475 e. The summed E-state index contributed by atoms with van der Waals surface area (Å²) in [5.74, 6) is 0.515. The van der Waals surface area contributed by atoms with E-state index >= 15 is 0 Å². The van der Waals surface area contributed by atoms with E-state index in [1.165, 1.54) is 6.20 Å². The van der Waals surface area contributed by atoms with Gasteiger partial charge in [-0.15, -0.1) is 0 Å². The molecule has 1 aromatic heterocycles. The molecule has 0 aliphatic carbocycles. The largest absolute Gasteiger partial charge is 0.475 e. The van der Waals surface area contributed by atoms with Gasteiger partial charge in [0.1, 0.15) is 0 Å². The normalized spacial score (nSPS) is 12.2. The molecule has 0 saturated carbocycles. The molecule has 4 heteroatoms. The van der Waals surface area contributed by atoms with Crippen LogP contribution in [-0.2, 0) is 0 Å². The van der Waals surface area contributed by atoms with Crippen molar-refractivity contribution >= 4 is 16.8 Å². The van der Waals surface area contributed by atoms with Gasteiger partial charge in [0.2, 0.25) is 5.88 Å². The first kappa shape index (κ1) is 11.0. The Morgan fingerprint density at radius 2 is 2.36 bits per heavy atom. The van der Waals surface area contributed by atoms with E-state index in [1.54, 1.807) is 12.1 Å². The Hall–Kier alpha value is -1.09. The Bertz CT molecular complexity index is 310. The second-order valence-electron chi connectivity index (χ2n) is 3.00. The molecule has 0 aliphatic heterocycles. The van der Waals surface area contributed by atoms with Crippen molar-refractivity contribution < 1.29 is 9.53 Å². The number of hydrogen-bond acceptors (Lipinski definition) is 3. The van der Waals surface area contributed by atoms with Crippen molar-refractivity contribution in [3.05, 3.63) is 23.9 Å². The van der Waals surface area contributed by atoms with Crippen LogP contribution in [0.3, 0.4) is 0 Å². The standard InChI is InChI=1S/C10H12ClNO2/c1-3-7(2)14-9-5-4-8(6-12-9)10(11)13/h4-7H,3H2,1-2H3/t7-/m0/s1. The number of ether oxygens (including phenoxy) is 1. The zero-order chi connectivity index (χ0) is 10.6. The summed E-state index contributed by atoms with van der Waals surface area (Å²) < 4.78 is 5.43. The molecule has 0 N–H and O–H groups in total. The van der Waals surface area contributed by atoms with Gasteiger partial charge in [0.25, 0.3) is 5.24 Å². The lowest BCUT2D eigenvalue weighted by Gasteiger charge is -2.10. The van der Waals surface area contributed by atoms with Crippen molar-refractivity contribution in [2.75, 3.05) is 0 Å². The van der Waals surface area contributed by atoms with E-state index in [2.05, 4.69) is 4.98 Å². The molecule has 0 spiro atoms. The molecule has 14 heavy (non-hydrogen) atoms. The van der Waals surface area contributed by atoms with Gasteiger partial charge in [0.05, 0.1) is 11.7 Å². The lowest BCUT2D eigenvalue weighted by atomic mass is 10.3. The molecule has 1 atom stereocenters. The molecular formula is C10H12ClNO2. The van der Waals surface area contributed by atoms with Gasteiger partial charge in [-0.05, 0) is 31.0 Å². The monoisotopic (exact) mass is 213 g/mol. The van der Waals surface area contributed by atoms with Crippen LogP contribution in [0.15, 0.2) is 18.3 Å². The number of nitrogens with zero attached hydrogens (tertiary/aromatic N) is 1. The number of pyridine rings is 1. The van der Waals surface area contributed by atoms with E-state index in [1.807, 2.05) is 13.8 Å². The van der Waals surface area contributed by atoms with Crippen molar-refractivity contribution in [3.8, 4) is 5.88 Å². The Morgan fingerprint density at radius 3 is 2.79 bits per heavy atom. The molecule has 76 valence electrons. The highest BCUT2D eigenvalue weighted by atomic mass is 35.5. The van der Waals surface area contributed by atoms with Gasteiger partial charge >= 0.3 is 0 Å². The predicted octanol–water partition coefficient (Wildman–Crippen LogP) is 2.64. The summed E-state index contributed by atoms with van der Waals surface area (Å²) >= 11 is 5.27. The van der Waals surface area contributed by atoms with Crippen LogP contribution in [0.2, 0.25) is 0 Å². The van der Waals surface area contributed by atoms with Crippen molar-refractivity contribution in [2.24, 2.45) is 0 Å². The molecule has 0 aromatic carbocycles. The van der Waals surface area contributed by atoms with Crippen LogP contribution < -0.4 is 4.74 Å². The maximum absolute atomic E-state index is 10.7. The molecule has 0 unspecified atom stereocenters. The van der Waals surface area contributed by atoms with Crippen LogP contribution in [0.5, 0.6) is 5.88 Å². The molecule has 0 amide bonds. The van der Waals surface area contributed by atoms with Gasteiger partial charge < -0.3 is 4.74 Å². The van der Waals surface area contributed by atoms with Crippen molar-refractivity contribution in [1.29, 1.82) is 0 Å². The van der Waals surface area contributed by atoms with E-state index in [4.69, 9.17) is 16.3 Å². The van der Waals surface area contributed by atoms with E-state index in [0.717, 1.165) is 6.42 Å². The highest BCUT2D eigenvalue weighted by molar-refractivity contribution is 6.67. The number of halogens is 1. The number of hydrogen-bond donors (Lipinski definition) is 0. The summed E-state index contributed by atoms with van der Waals surface area (Å²) in [6, 6.07) is 3.24. The second kappa shape index (κ2) is 4.96. The summed E-state index contributed by atoms with van der Waals surface area (Å²) in [5.41, 5.74) is 0.378. The Kier molecular flexibility index (Phi) is 3.89. The first-order valence-corrected chi connectivity index (χ1v) is 4.83. The van der Waals surface area contributed by atoms with Gasteiger partial charge in [-0.3, -0.25) is 4.79 Å². The van der Waals surface area contributed by atoms with E-state index < -0.39 is 5.24 Å². The van der Waals surface area contributed by atoms with Gasteiger partial charge in [0.15, 0.2) is 0 Å². The van der Waals surface area contributed by atoms with Gasteiger partial charge in [0, 0.05) is 12.3 Å². The van der Waals surface area contributed by atoms with Crippen LogP contribution in [-0.4, -0.2) is 16.3 Å². The summed E-state index contributed by atoms with van der Waals surface area (Å²) in [4.78, 5) is 14.7. The zero-order valence-corrected chi connectivity index (χ0v) is 8.91. The van der Waals surface area contributed by atoms with E-state index in [0.29, 0.717) is 11.4 Å². The minimum absolute atomic E-state index is 0.125. The number of carbonyl (C=O) groups excluding carboxylic acids is 1. The molecule has 0 radical (unpaired) electrons. The van der Waals surface area contributed by atoms with Crippen molar-refractivity contribution in [2.45, 2.75) is 26.4 Å². The number of rotatable bonds is 4. The number of aromatic nitrogens is 1. The van der Waals surface area contributed by atoms with Gasteiger partial charge in [-0.25, -0.2) is 4.98 Å². The molecule has 0 bridgehead atoms. The van der Waals surface area contributed by atoms with Crippen LogP contribution >= 0.6 is 11.6 Å².